The summed E-state index contributed by atoms with van der Waals surface area (Å²) in [4.78, 5) is 17.3. The molecule has 132 valence electrons. The second-order valence-electron chi connectivity index (χ2n) is 7.06. The quantitative estimate of drug-likeness (QED) is 0.929. The summed E-state index contributed by atoms with van der Waals surface area (Å²) in [6.45, 7) is 4.09. The maximum atomic E-state index is 12.7. The lowest BCUT2D eigenvalue weighted by atomic mass is 10.0. The Morgan fingerprint density at radius 1 is 1.00 bits per heavy atom. The molecule has 2 amide bonds. The molecule has 1 aromatic carbocycles. The van der Waals surface area contributed by atoms with Crippen molar-refractivity contribution in [1.29, 1.82) is 0 Å². The molecule has 25 heavy (non-hydrogen) atoms. The highest BCUT2D eigenvalue weighted by Gasteiger charge is 2.29. The molecule has 3 heterocycles. The minimum Gasteiger partial charge on any atom is -0.324 e. The Balaban J connectivity index is 1.40. The standard InChI is InChI=1S/C20H26N4O/c25-20(24-14-6-9-19(16-24)23-12-3-4-13-23)21-17-7-5-8-18(15-17)22-10-1-2-11-22/h1-2,5,7-8,10-11,15,19H,3-4,6,9,12-14,16H2,(H,21,25)/t19-/m0/s1. The number of rotatable bonds is 3. The van der Waals surface area contributed by atoms with Crippen molar-refractivity contribution in [3.8, 4) is 5.69 Å². The van der Waals surface area contributed by atoms with Crippen LogP contribution in [0.3, 0.4) is 0 Å². The van der Waals surface area contributed by atoms with Crippen LogP contribution in [0.1, 0.15) is 25.7 Å². The highest BCUT2D eigenvalue weighted by molar-refractivity contribution is 5.89. The highest BCUT2D eigenvalue weighted by Crippen LogP contribution is 2.21. The molecule has 2 aliphatic heterocycles. The first-order valence-electron chi connectivity index (χ1n) is 9.33. The largest absolute Gasteiger partial charge is 0.324 e. The molecule has 1 aromatic heterocycles. The predicted molar refractivity (Wildman–Crippen MR) is 100 cm³/mol. The molecule has 0 spiro atoms. The van der Waals surface area contributed by atoms with Crippen molar-refractivity contribution in [2.45, 2.75) is 31.7 Å². The van der Waals surface area contributed by atoms with Gasteiger partial charge in [-0.3, -0.25) is 4.90 Å². The highest BCUT2D eigenvalue weighted by atomic mass is 16.2. The zero-order valence-electron chi connectivity index (χ0n) is 14.6. The number of urea groups is 1. The lowest BCUT2D eigenvalue weighted by Gasteiger charge is -2.37. The number of carbonyl (C=O) groups excluding carboxylic acids is 1. The third-order valence-electron chi connectivity index (χ3n) is 5.34. The van der Waals surface area contributed by atoms with Gasteiger partial charge in [0.1, 0.15) is 0 Å². The summed E-state index contributed by atoms with van der Waals surface area (Å²) in [6.07, 6.45) is 8.92. The van der Waals surface area contributed by atoms with Gasteiger partial charge in [-0.25, -0.2) is 4.79 Å². The van der Waals surface area contributed by atoms with Crippen molar-refractivity contribution >= 4 is 11.7 Å². The number of piperidine rings is 1. The topological polar surface area (TPSA) is 40.5 Å². The number of amides is 2. The Hall–Kier alpha value is -2.27. The molecule has 2 aliphatic rings. The summed E-state index contributed by atoms with van der Waals surface area (Å²) in [5.41, 5.74) is 1.90. The maximum Gasteiger partial charge on any atom is 0.321 e. The van der Waals surface area contributed by atoms with E-state index >= 15 is 0 Å². The number of nitrogens with one attached hydrogen (secondary N) is 1. The van der Waals surface area contributed by atoms with E-state index in [1.54, 1.807) is 0 Å². The van der Waals surface area contributed by atoms with Gasteiger partial charge in [0.2, 0.25) is 0 Å². The first kappa shape index (κ1) is 16.2. The molecule has 0 bridgehead atoms. The SMILES string of the molecule is O=C(Nc1cccc(-n2cccc2)c1)N1CCC[C@H](N2CCCC2)C1. The van der Waals surface area contributed by atoms with Gasteiger partial charge in [-0.1, -0.05) is 6.07 Å². The van der Waals surface area contributed by atoms with Crippen LogP contribution in [0.4, 0.5) is 10.5 Å². The number of benzene rings is 1. The molecule has 5 heteroatoms. The Morgan fingerprint density at radius 2 is 1.80 bits per heavy atom. The van der Waals surface area contributed by atoms with E-state index in [0.29, 0.717) is 6.04 Å². The monoisotopic (exact) mass is 338 g/mol. The van der Waals surface area contributed by atoms with Crippen LogP contribution in [0.15, 0.2) is 48.8 Å². The van der Waals surface area contributed by atoms with E-state index in [9.17, 15) is 4.79 Å². The van der Waals surface area contributed by atoms with Gasteiger partial charge in [0.05, 0.1) is 0 Å². The lowest BCUT2D eigenvalue weighted by Crippen LogP contribution is -2.50. The predicted octanol–water partition coefficient (Wildman–Crippen LogP) is 3.57. The van der Waals surface area contributed by atoms with E-state index in [2.05, 4.69) is 10.2 Å². The van der Waals surface area contributed by atoms with Gasteiger partial charge >= 0.3 is 6.03 Å². The Bertz CT molecular complexity index is 706. The van der Waals surface area contributed by atoms with Gasteiger partial charge in [0.15, 0.2) is 0 Å². The van der Waals surface area contributed by atoms with E-state index in [4.69, 9.17) is 0 Å². The fourth-order valence-corrected chi connectivity index (χ4v) is 4.00. The van der Waals surface area contributed by atoms with E-state index in [-0.39, 0.29) is 6.03 Å². The molecular weight excluding hydrogens is 312 g/mol. The number of carbonyl (C=O) groups is 1. The maximum absolute atomic E-state index is 12.7. The normalized spacial score (nSPS) is 21.4. The summed E-state index contributed by atoms with van der Waals surface area (Å²) >= 11 is 0. The van der Waals surface area contributed by atoms with E-state index < -0.39 is 0 Å². The number of aromatic nitrogens is 1. The molecule has 1 atom stereocenters. The van der Waals surface area contributed by atoms with Crippen LogP contribution >= 0.6 is 0 Å². The summed E-state index contributed by atoms with van der Waals surface area (Å²) < 4.78 is 2.04. The molecule has 4 rings (SSSR count). The van der Waals surface area contributed by atoms with E-state index in [1.807, 2.05) is 58.3 Å². The number of nitrogens with zero attached hydrogens (tertiary/aromatic N) is 3. The Labute approximate surface area is 149 Å². The third kappa shape index (κ3) is 3.71. The fraction of sp³-hybridized carbons (Fsp3) is 0.450. The van der Waals surface area contributed by atoms with E-state index in [1.165, 1.54) is 32.4 Å². The molecule has 1 N–H and O–H groups in total. The average molecular weight is 338 g/mol. The van der Waals surface area contributed by atoms with Crippen LogP contribution in [-0.2, 0) is 0 Å². The molecule has 2 fully saturated rings. The fourth-order valence-electron chi connectivity index (χ4n) is 4.00. The molecule has 0 aliphatic carbocycles. The summed E-state index contributed by atoms with van der Waals surface area (Å²) in [5, 5.41) is 3.08. The number of likely N-dealkylation sites (tertiary alicyclic amines) is 2. The Morgan fingerprint density at radius 3 is 2.60 bits per heavy atom. The average Bonchev–Trinajstić information content (AvgIpc) is 3.36. The van der Waals surface area contributed by atoms with Crippen molar-refractivity contribution < 1.29 is 4.79 Å². The van der Waals surface area contributed by atoms with Gasteiger partial charge in [-0.05, 0) is 69.1 Å². The van der Waals surface area contributed by atoms with E-state index in [0.717, 1.165) is 30.9 Å². The molecule has 2 aromatic rings. The van der Waals surface area contributed by atoms with Gasteiger partial charge < -0.3 is 14.8 Å². The minimum absolute atomic E-state index is 0.0218. The number of hydrogen-bond acceptors (Lipinski definition) is 2. The number of anilines is 1. The van der Waals surface area contributed by atoms with Gasteiger partial charge in [0, 0.05) is 42.9 Å². The van der Waals surface area contributed by atoms with Crippen LogP contribution in [-0.4, -0.2) is 52.6 Å². The van der Waals surface area contributed by atoms with Gasteiger partial charge in [0.25, 0.3) is 0 Å². The van der Waals surface area contributed by atoms with Crippen LogP contribution in [0.25, 0.3) is 5.69 Å². The zero-order valence-corrected chi connectivity index (χ0v) is 14.6. The summed E-state index contributed by atoms with van der Waals surface area (Å²) in [5.74, 6) is 0. The Kier molecular flexibility index (Phi) is 4.74. The molecule has 0 saturated carbocycles. The first-order chi connectivity index (χ1) is 12.3. The van der Waals surface area contributed by atoms with Crippen molar-refractivity contribution in [3.05, 3.63) is 48.8 Å². The lowest BCUT2D eigenvalue weighted by molar-refractivity contribution is 0.132. The van der Waals surface area contributed by atoms with Crippen LogP contribution < -0.4 is 5.32 Å². The van der Waals surface area contributed by atoms with Gasteiger partial charge in [-0.2, -0.15) is 0 Å². The second-order valence-corrected chi connectivity index (χ2v) is 7.06. The molecule has 0 radical (unpaired) electrons. The summed E-state index contributed by atoms with van der Waals surface area (Å²) in [7, 11) is 0. The summed E-state index contributed by atoms with van der Waals surface area (Å²) in [6, 6.07) is 12.5. The molecular formula is C20H26N4O. The first-order valence-corrected chi connectivity index (χ1v) is 9.33. The van der Waals surface area contributed by atoms with Crippen molar-refractivity contribution in [2.75, 3.05) is 31.5 Å². The third-order valence-corrected chi connectivity index (χ3v) is 5.34. The minimum atomic E-state index is 0.0218. The molecule has 2 saturated heterocycles. The van der Waals surface area contributed by atoms with Crippen molar-refractivity contribution in [1.82, 2.24) is 14.4 Å². The number of hydrogen-bond donors (Lipinski definition) is 1. The van der Waals surface area contributed by atoms with Gasteiger partial charge in [-0.15, -0.1) is 0 Å². The van der Waals surface area contributed by atoms with Crippen LogP contribution in [0, 0.1) is 0 Å². The smallest absolute Gasteiger partial charge is 0.321 e. The van der Waals surface area contributed by atoms with Crippen molar-refractivity contribution in [2.24, 2.45) is 0 Å². The molecule has 5 nitrogen and oxygen atoms in total. The van der Waals surface area contributed by atoms with Crippen LogP contribution in [0.2, 0.25) is 0 Å². The molecule has 0 unspecified atom stereocenters. The zero-order chi connectivity index (χ0) is 17.1. The van der Waals surface area contributed by atoms with Crippen LogP contribution in [0.5, 0.6) is 0 Å². The second kappa shape index (κ2) is 7.31. The van der Waals surface area contributed by atoms with Crippen molar-refractivity contribution in [3.63, 3.8) is 0 Å².